The summed E-state index contributed by atoms with van der Waals surface area (Å²) in [5.41, 5.74) is 0.482. The number of anilines is 1. The van der Waals surface area contributed by atoms with Crippen molar-refractivity contribution in [2.75, 3.05) is 26.1 Å². The van der Waals surface area contributed by atoms with Gasteiger partial charge in [0.2, 0.25) is 5.95 Å². The summed E-state index contributed by atoms with van der Waals surface area (Å²) in [4.78, 5) is 4.00. The minimum Gasteiger partial charge on any atom is -0.496 e. The molecule has 0 saturated heterocycles. The van der Waals surface area contributed by atoms with Gasteiger partial charge in [0.05, 0.1) is 21.3 Å². The van der Waals surface area contributed by atoms with Crippen molar-refractivity contribution in [2.24, 2.45) is 0 Å². The number of nitrogens with one attached hydrogen (secondary N) is 1. The Morgan fingerprint density at radius 3 is 2.26 bits per heavy atom. The Morgan fingerprint density at radius 2 is 1.78 bits per heavy atom. The molecule has 0 unspecified atom stereocenters. The van der Waals surface area contributed by atoms with Crippen LogP contribution in [0.5, 0.6) is 17.2 Å². The fourth-order valence-corrected chi connectivity index (χ4v) is 2.44. The Balaban J connectivity index is 2.63. The van der Waals surface area contributed by atoms with E-state index in [4.69, 9.17) is 14.2 Å². The summed E-state index contributed by atoms with van der Waals surface area (Å²) >= 11 is 0. The first kappa shape index (κ1) is 16.7. The van der Waals surface area contributed by atoms with Gasteiger partial charge in [-0.25, -0.2) is 18.1 Å². The molecule has 1 aromatic heterocycles. The van der Waals surface area contributed by atoms with Gasteiger partial charge in [0, 0.05) is 29.9 Å². The molecule has 0 atom stereocenters. The molecule has 124 valence electrons. The van der Waals surface area contributed by atoms with Crippen LogP contribution in [0, 0.1) is 0 Å². The van der Waals surface area contributed by atoms with Gasteiger partial charge in [-0.15, -0.1) is 0 Å². The van der Waals surface area contributed by atoms with Crippen LogP contribution in [0.3, 0.4) is 0 Å². The monoisotopic (exact) mass is 339 g/mol. The van der Waals surface area contributed by atoms with Gasteiger partial charge in [0.25, 0.3) is 10.0 Å². The number of ether oxygens (including phenoxy) is 3. The average Bonchev–Trinajstić information content (AvgIpc) is 3.00. The number of hydrogen-bond donors (Lipinski definition) is 1. The molecule has 0 saturated carbocycles. The number of hydrogen-bond acceptors (Lipinski definition) is 6. The SMILES string of the molecule is C=CS(=O)(=O)Nc1nccn1-c1c(OC)cc(OC)cc1OC. The highest BCUT2D eigenvalue weighted by Crippen LogP contribution is 2.38. The quantitative estimate of drug-likeness (QED) is 0.827. The third-order valence-corrected chi connectivity index (χ3v) is 3.93. The lowest BCUT2D eigenvalue weighted by Crippen LogP contribution is -2.13. The second-order valence-electron chi connectivity index (χ2n) is 4.32. The first-order valence-corrected chi connectivity index (χ1v) is 7.99. The lowest BCUT2D eigenvalue weighted by molar-refractivity contribution is 0.373. The number of benzene rings is 1. The zero-order valence-electron chi connectivity index (χ0n) is 12.9. The molecule has 0 bridgehead atoms. The summed E-state index contributed by atoms with van der Waals surface area (Å²) in [5, 5.41) is 0.800. The number of imidazole rings is 1. The largest absolute Gasteiger partial charge is 0.496 e. The van der Waals surface area contributed by atoms with Crippen molar-refractivity contribution in [3.8, 4) is 22.9 Å². The molecule has 0 radical (unpaired) electrons. The van der Waals surface area contributed by atoms with Gasteiger partial charge in [0.15, 0.2) is 0 Å². The summed E-state index contributed by atoms with van der Waals surface area (Å²) in [6.45, 7) is 3.25. The van der Waals surface area contributed by atoms with E-state index in [1.807, 2.05) is 0 Å². The van der Waals surface area contributed by atoms with E-state index in [0.29, 0.717) is 22.9 Å². The van der Waals surface area contributed by atoms with E-state index in [2.05, 4.69) is 16.3 Å². The number of aromatic nitrogens is 2. The van der Waals surface area contributed by atoms with E-state index in [1.165, 1.54) is 32.1 Å². The van der Waals surface area contributed by atoms with E-state index in [-0.39, 0.29) is 5.95 Å². The fourth-order valence-electron chi connectivity index (χ4n) is 1.95. The molecule has 2 aromatic rings. The fraction of sp³-hybridized carbons (Fsp3) is 0.214. The normalized spacial score (nSPS) is 10.9. The van der Waals surface area contributed by atoms with Crippen molar-refractivity contribution in [1.29, 1.82) is 0 Å². The van der Waals surface area contributed by atoms with Gasteiger partial charge in [0.1, 0.15) is 22.9 Å². The predicted octanol–water partition coefficient (Wildman–Crippen LogP) is 1.78. The molecule has 0 aliphatic heterocycles. The maximum atomic E-state index is 11.7. The van der Waals surface area contributed by atoms with Gasteiger partial charge < -0.3 is 14.2 Å². The first-order chi connectivity index (χ1) is 11.0. The van der Waals surface area contributed by atoms with Crippen molar-refractivity contribution in [1.82, 2.24) is 9.55 Å². The highest BCUT2D eigenvalue weighted by molar-refractivity contribution is 7.95. The van der Waals surface area contributed by atoms with Crippen LogP contribution in [0.15, 0.2) is 36.5 Å². The minimum atomic E-state index is -3.70. The van der Waals surface area contributed by atoms with Crippen LogP contribution in [-0.2, 0) is 10.0 Å². The highest BCUT2D eigenvalue weighted by atomic mass is 32.2. The van der Waals surface area contributed by atoms with Crippen LogP contribution in [0.25, 0.3) is 5.69 Å². The van der Waals surface area contributed by atoms with Crippen molar-refractivity contribution >= 4 is 16.0 Å². The van der Waals surface area contributed by atoms with E-state index in [0.717, 1.165) is 5.41 Å². The standard InChI is InChI=1S/C14H17N3O5S/c1-5-23(18,19)16-14-15-6-7-17(14)13-11(21-3)8-10(20-2)9-12(13)22-4/h5-9H,1H2,2-4H3,(H,15,16). The van der Waals surface area contributed by atoms with Crippen LogP contribution >= 0.6 is 0 Å². The maximum Gasteiger partial charge on any atom is 0.256 e. The van der Waals surface area contributed by atoms with Crippen LogP contribution < -0.4 is 18.9 Å². The lowest BCUT2D eigenvalue weighted by atomic mass is 10.2. The molecular weight excluding hydrogens is 322 g/mol. The maximum absolute atomic E-state index is 11.7. The van der Waals surface area contributed by atoms with Gasteiger partial charge in [-0.05, 0) is 0 Å². The Bertz CT molecular complexity index is 789. The third-order valence-electron chi connectivity index (χ3n) is 3.02. The van der Waals surface area contributed by atoms with Crippen molar-refractivity contribution in [3.05, 3.63) is 36.5 Å². The highest BCUT2D eigenvalue weighted by Gasteiger charge is 2.19. The molecule has 0 spiro atoms. The molecule has 1 heterocycles. The van der Waals surface area contributed by atoms with Crippen LogP contribution in [0.4, 0.5) is 5.95 Å². The molecule has 23 heavy (non-hydrogen) atoms. The van der Waals surface area contributed by atoms with E-state index >= 15 is 0 Å². The molecule has 2 rings (SSSR count). The molecule has 0 amide bonds. The predicted molar refractivity (Wildman–Crippen MR) is 86.0 cm³/mol. The molecule has 1 N–H and O–H groups in total. The van der Waals surface area contributed by atoms with Gasteiger partial charge >= 0.3 is 0 Å². The summed E-state index contributed by atoms with van der Waals surface area (Å²) in [6.07, 6.45) is 3.03. The molecule has 0 aliphatic rings. The first-order valence-electron chi connectivity index (χ1n) is 6.44. The van der Waals surface area contributed by atoms with Crippen molar-refractivity contribution in [3.63, 3.8) is 0 Å². The van der Waals surface area contributed by atoms with E-state index < -0.39 is 10.0 Å². The summed E-state index contributed by atoms with van der Waals surface area (Å²) in [6, 6.07) is 3.31. The summed E-state index contributed by atoms with van der Waals surface area (Å²) < 4.78 is 43.1. The van der Waals surface area contributed by atoms with E-state index in [9.17, 15) is 8.42 Å². The zero-order chi connectivity index (χ0) is 17.0. The molecular formula is C14H17N3O5S. The Kier molecular flexibility index (Phi) is 4.80. The smallest absolute Gasteiger partial charge is 0.256 e. The second-order valence-corrected chi connectivity index (χ2v) is 5.94. The minimum absolute atomic E-state index is 0.0756. The lowest BCUT2D eigenvalue weighted by Gasteiger charge is -2.17. The Hall–Kier alpha value is -2.68. The van der Waals surface area contributed by atoms with Crippen molar-refractivity contribution < 1.29 is 22.6 Å². The third kappa shape index (κ3) is 3.39. The number of nitrogens with zero attached hydrogens (tertiary/aromatic N) is 2. The van der Waals surface area contributed by atoms with Crippen LogP contribution in [-0.4, -0.2) is 39.3 Å². The Labute approximate surface area is 134 Å². The van der Waals surface area contributed by atoms with Crippen molar-refractivity contribution in [2.45, 2.75) is 0 Å². The van der Waals surface area contributed by atoms with Gasteiger partial charge in [-0.1, -0.05) is 6.58 Å². The topological polar surface area (TPSA) is 91.7 Å². The number of methoxy groups -OCH3 is 3. The Morgan fingerprint density at radius 1 is 1.17 bits per heavy atom. The summed E-state index contributed by atoms with van der Waals surface area (Å²) in [5.74, 6) is 1.47. The average molecular weight is 339 g/mol. The van der Waals surface area contributed by atoms with Gasteiger partial charge in [-0.2, -0.15) is 0 Å². The number of sulfonamides is 1. The molecule has 1 aromatic carbocycles. The molecule has 0 fully saturated rings. The molecule has 0 aliphatic carbocycles. The van der Waals surface area contributed by atoms with Crippen LogP contribution in [0.1, 0.15) is 0 Å². The molecule has 9 heteroatoms. The number of rotatable bonds is 7. The van der Waals surface area contributed by atoms with Gasteiger partial charge in [-0.3, -0.25) is 4.57 Å². The second kappa shape index (κ2) is 6.61. The van der Waals surface area contributed by atoms with E-state index in [1.54, 1.807) is 18.3 Å². The zero-order valence-corrected chi connectivity index (χ0v) is 13.8. The summed E-state index contributed by atoms with van der Waals surface area (Å²) in [7, 11) is 0.799. The van der Waals surface area contributed by atoms with Crippen LogP contribution in [0.2, 0.25) is 0 Å². The molecule has 8 nitrogen and oxygen atoms in total.